The number of fused-ring (bicyclic) bond motifs is 1. The summed E-state index contributed by atoms with van der Waals surface area (Å²) in [6.45, 7) is 4.76. The quantitative estimate of drug-likeness (QED) is 0.345. The number of carbonyl (C=O) groups is 2. The maximum Gasteiger partial charge on any atom is 0.281 e. The molecule has 1 amide bonds. The molecule has 3 heterocycles. The molecule has 11 nitrogen and oxygen atoms in total. The molecule has 0 aliphatic carbocycles. The van der Waals surface area contributed by atoms with Crippen LogP contribution in [0.4, 0.5) is 5.00 Å². The number of hydrogen-bond donors (Lipinski definition) is 3. The molecule has 38 heavy (non-hydrogen) atoms. The van der Waals surface area contributed by atoms with Gasteiger partial charge in [-0.2, -0.15) is 9.40 Å². The first-order valence-electron chi connectivity index (χ1n) is 11.9. The molecule has 3 N–H and O–H groups in total. The van der Waals surface area contributed by atoms with Crippen molar-refractivity contribution in [2.75, 3.05) is 32.0 Å². The number of carbonyl (C=O) groups excluding carboxylic acids is 2. The van der Waals surface area contributed by atoms with Crippen LogP contribution in [0, 0.1) is 24.7 Å². The minimum atomic E-state index is -3.94. The number of amides is 1. The summed E-state index contributed by atoms with van der Waals surface area (Å²) in [7, 11) is -1.94. The van der Waals surface area contributed by atoms with Gasteiger partial charge in [-0.25, -0.2) is 13.1 Å². The lowest BCUT2D eigenvalue weighted by Crippen LogP contribution is -2.34. The summed E-state index contributed by atoms with van der Waals surface area (Å²) in [6.07, 6.45) is 2.57. The van der Waals surface area contributed by atoms with Crippen molar-refractivity contribution in [1.82, 2.24) is 19.0 Å². The van der Waals surface area contributed by atoms with Gasteiger partial charge in [-0.05, 0) is 63.2 Å². The molecule has 0 unspecified atom stereocenters. The minimum Gasteiger partial charge on any atom is -0.313 e. The number of aromatic nitrogens is 2. The zero-order valence-electron chi connectivity index (χ0n) is 21.3. The Labute approximate surface area is 225 Å². The molecule has 3 aromatic rings. The van der Waals surface area contributed by atoms with Crippen LogP contribution < -0.4 is 5.32 Å². The van der Waals surface area contributed by atoms with E-state index in [2.05, 4.69) is 15.3 Å². The van der Waals surface area contributed by atoms with Crippen LogP contribution in [0.2, 0.25) is 0 Å². The van der Waals surface area contributed by atoms with Gasteiger partial charge in [0.25, 0.3) is 11.8 Å². The molecule has 0 fully saturated rings. The Balaban J connectivity index is 1.64. The molecular formula is C25H29N7O4S2. The Morgan fingerprint density at radius 3 is 2.39 bits per heavy atom. The van der Waals surface area contributed by atoms with Crippen LogP contribution in [0.1, 0.15) is 42.5 Å². The number of hydrogen-bond acceptors (Lipinski definition) is 9. The predicted molar refractivity (Wildman–Crippen MR) is 147 cm³/mol. The van der Waals surface area contributed by atoms with E-state index < -0.39 is 15.9 Å². The van der Waals surface area contributed by atoms with Crippen molar-refractivity contribution >= 4 is 50.6 Å². The Morgan fingerprint density at radius 1 is 1.16 bits per heavy atom. The van der Waals surface area contributed by atoms with E-state index in [0.717, 1.165) is 39.4 Å². The summed E-state index contributed by atoms with van der Waals surface area (Å²) in [5, 5.41) is 22.1. The van der Waals surface area contributed by atoms with Gasteiger partial charge in [-0.1, -0.05) is 0 Å². The number of likely N-dealkylation sites (N-methyl/N-ethyl adjacent to an activating group) is 1. The number of nitrogens with zero attached hydrogens (tertiary/aromatic N) is 4. The molecule has 0 atom stereocenters. The first-order chi connectivity index (χ1) is 18.1. The predicted octanol–water partition coefficient (Wildman–Crippen LogP) is 2.78. The first kappa shape index (κ1) is 27.5. The van der Waals surface area contributed by atoms with E-state index in [0.29, 0.717) is 29.2 Å². The summed E-state index contributed by atoms with van der Waals surface area (Å²) in [5.74, 6) is -0.772. The lowest BCUT2D eigenvalue weighted by atomic mass is 10.0. The van der Waals surface area contributed by atoms with Crippen LogP contribution in [-0.2, 0) is 23.0 Å². The molecule has 1 aromatic carbocycles. The summed E-state index contributed by atoms with van der Waals surface area (Å²) in [4.78, 5) is 29.9. The standard InChI is InChI=1S/C25H29N7O4S2/c1-16-14-17(2)32(29-16)25(34)22-20-8-11-30(3)15-21(20)37-24(22)28-23(33)18-4-6-19(7-5-18)38(35,36)31(12-9-26)13-10-27/h4-7,9-10,14,26-27H,8,11-13,15H2,1-3H3,(H,28,33). The number of rotatable bonds is 9. The van der Waals surface area contributed by atoms with Crippen molar-refractivity contribution in [3.8, 4) is 0 Å². The van der Waals surface area contributed by atoms with Gasteiger partial charge in [0.2, 0.25) is 10.0 Å². The Hall–Kier alpha value is -3.52. The molecule has 200 valence electrons. The van der Waals surface area contributed by atoms with Gasteiger partial charge in [-0.15, -0.1) is 11.3 Å². The molecule has 0 radical (unpaired) electrons. The van der Waals surface area contributed by atoms with Gasteiger partial charge in [0.15, 0.2) is 0 Å². The van der Waals surface area contributed by atoms with Gasteiger partial charge in [0.1, 0.15) is 5.00 Å². The van der Waals surface area contributed by atoms with Crippen LogP contribution in [0.25, 0.3) is 0 Å². The first-order valence-corrected chi connectivity index (χ1v) is 14.1. The monoisotopic (exact) mass is 555 g/mol. The molecular weight excluding hydrogens is 526 g/mol. The molecule has 4 rings (SSSR count). The molecule has 0 bridgehead atoms. The third kappa shape index (κ3) is 5.36. The van der Waals surface area contributed by atoms with Crippen molar-refractivity contribution in [3.05, 3.63) is 63.3 Å². The average Bonchev–Trinajstić information content (AvgIpc) is 3.41. The fourth-order valence-corrected chi connectivity index (χ4v) is 7.00. The highest BCUT2D eigenvalue weighted by Crippen LogP contribution is 2.38. The van der Waals surface area contributed by atoms with E-state index in [-0.39, 0.29) is 29.5 Å². The number of nitrogens with one attached hydrogen (secondary N) is 3. The third-order valence-corrected chi connectivity index (χ3v) is 9.21. The van der Waals surface area contributed by atoms with E-state index in [1.54, 1.807) is 0 Å². The van der Waals surface area contributed by atoms with Gasteiger partial charge in [-0.3, -0.25) is 9.59 Å². The summed E-state index contributed by atoms with van der Waals surface area (Å²) >= 11 is 1.37. The van der Waals surface area contributed by atoms with E-state index in [4.69, 9.17) is 10.8 Å². The zero-order valence-corrected chi connectivity index (χ0v) is 22.9. The fraction of sp³-hybridized carbons (Fsp3) is 0.320. The fourth-order valence-electron chi connectivity index (χ4n) is 4.36. The summed E-state index contributed by atoms with van der Waals surface area (Å²) in [5.41, 5.74) is 3.00. The van der Waals surface area contributed by atoms with E-state index >= 15 is 0 Å². The van der Waals surface area contributed by atoms with Gasteiger partial charge in [0, 0.05) is 54.7 Å². The zero-order chi connectivity index (χ0) is 27.6. The van der Waals surface area contributed by atoms with Crippen molar-refractivity contribution in [2.45, 2.75) is 31.7 Å². The maximum atomic E-state index is 13.6. The highest BCUT2D eigenvalue weighted by Gasteiger charge is 2.30. The van der Waals surface area contributed by atoms with Crippen LogP contribution in [0.3, 0.4) is 0 Å². The molecule has 2 aromatic heterocycles. The van der Waals surface area contributed by atoms with Crippen LogP contribution in [0.5, 0.6) is 0 Å². The third-order valence-electron chi connectivity index (χ3n) is 6.23. The van der Waals surface area contributed by atoms with E-state index in [1.807, 2.05) is 27.0 Å². The Bertz CT molecular complexity index is 1500. The lowest BCUT2D eigenvalue weighted by Gasteiger charge is -2.22. The van der Waals surface area contributed by atoms with Crippen molar-refractivity contribution in [2.24, 2.45) is 0 Å². The number of benzene rings is 1. The smallest absolute Gasteiger partial charge is 0.281 e. The van der Waals surface area contributed by atoms with Gasteiger partial charge >= 0.3 is 0 Å². The van der Waals surface area contributed by atoms with E-state index in [1.165, 1.54) is 40.3 Å². The molecule has 0 saturated heterocycles. The molecule has 0 saturated carbocycles. The van der Waals surface area contributed by atoms with Crippen LogP contribution >= 0.6 is 11.3 Å². The number of anilines is 1. The van der Waals surface area contributed by atoms with Crippen LogP contribution in [0.15, 0.2) is 35.2 Å². The second-order valence-corrected chi connectivity index (χ2v) is 12.1. The second kappa shape index (κ2) is 11.1. The normalized spacial score (nSPS) is 13.8. The number of aryl methyl sites for hydroxylation is 2. The maximum absolute atomic E-state index is 13.6. The Morgan fingerprint density at radius 2 is 1.82 bits per heavy atom. The summed E-state index contributed by atoms with van der Waals surface area (Å²) < 4.78 is 28.1. The summed E-state index contributed by atoms with van der Waals surface area (Å²) in [6, 6.07) is 7.27. The number of sulfonamides is 1. The second-order valence-electron chi connectivity index (χ2n) is 9.05. The van der Waals surface area contributed by atoms with Gasteiger partial charge in [0.05, 0.1) is 16.2 Å². The largest absolute Gasteiger partial charge is 0.313 e. The highest BCUT2D eigenvalue weighted by molar-refractivity contribution is 7.89. The number of thiophene rings is 1. The van der Waals surface area contributed by atoms with Crippen LogP contribution in [-0.4, -0.2) is 78.3 Å². The van der Waals surface area contributed by atoms with E-state index in [9.17, 15) is 18.0 Å². The molecule has 13 heteroatoms. The molecule has 0 spiro atoms. The Kier molecular flexibility index (Phi) is 8.02. The lowest BCUT2D eigenvalue weighted by molar-refractivity contribution is 0.0942. The molecule has 1 aliphatic rings. The minimum absolute atomic E-state index is 0.0484. The molecule has 1 aliphatic heterocycles. The highest BCUT2D eigenvalue weighted by atomic mass is 32.2. The SMILES string of the molecule is Cc1cc(C)n(C(=O)c2c(NC(=O)c3ccc(S(=O)(=O)N(CC=N)CC=N)cc3)sc3c2CCN(C)C3)n1. The van der Waals surface area contributed by atoms with Crippen molar-refractivity contribution < 1.29 is 18.0 Å². The van der Waals surface area contributed by atoms with Gasteiger partial charge < -0.3 is 21.0 Å². The average molecular weight is 556 g/mol. The van der Waals surface area contributed by atoms with Crippen molar-refractivity contribution in [3.63, 3.8) is 0 Å². The van der Waals surface area contributed by atoms with Crippen molar-refractivity contribution in [1.29, 1.82) is 10.8 Å². The topological polar surface area (TPSA) is 152 Å².